The van der Waals surface area contributed by atoms with Crippen LogP contribution in [0.5, 0.6) is 5.75 Å². The minimum Gasteiger partial charge on any atom is -0.481 e. The zero-order valence-corrected chi connectivity index (χ0v) is 16.3. The lowest BCUT2D eigenvalue weighted by Crippen LogP contribution is -2.46. The van der Waals surface area contributed by atoms with Crippen LogP contribution in [0.2, 0.25) is 0 Å². The summed E-state index contributed by atoms with van der Waals surface area (Å²) in [6.45, 7) is 10.0. The van der Waals surface area contributed by atoms with Crippen molar-refractivity contribution in [2.45, 2.75) is 58.1 Å². The summed E-state index contributed by atoms with van der Waals surface area (Å²) in [6, 6.07) is 8.35. The standard InChI is InChI=1S/C19H30N2O2.ClH/c1-14(18(22)21-11-7-9-16(21)13-20-5)23-17-10-6-8-15(12-17)19(2,3)4;/h6,8,10,12,14,16,20H,7,9,11,13H2,1-5H3;1H. The van der Waals surface area contributed by atoms with Gasteiger partial charge < -0.3 is 15.0 Å². The average Bonchev–Trinajstić information content (AvgIpc) is 2.94. The molecule has 0 aliphatic carbocycles. The maximum Gasteiger partial charge on any atom is 0.263 e. The molecule has 1 aromatic rings. The molecule has 1 amide bonds. The maximum absolute atomic E-state index is 12.7. The average molecular weight is 355 g/mol. The van der Waals surface area contributed by atoms with Gasteiger partial charge in [0.2, 0.25) is 0 Å². The van der Waals surface area contributed by atoms with Crippen molar-refractivity contribution in [3.05, 3.63) is 29.8 Å². The van der Waals surface area contributed by atoms with Gasteiger partial charge in [-0.3, -0.25) is 4.79 Å². The number of rotatable bonds is 5. The van der Waals surface area contributed by atoms with Crippen LogP contribution in [0.3, 0.4) is 0 Å². The summed E-state index contributed by atoms with van der Waals surface area (Å²) in [7, 11) is 1.93. The first kappa shape index (κ1) is 20.8. The van der Waals surface area contributed by atoms with Crippen LogP contribution in [-0.4, -0.2) is 43.1 Å². The number of benzene rings is 1. The van der Waals surface area contributed by atoms with Crippen molar-refractivity contribution >= 4 is 18.3 Å². The number of likely N-dealkylation sites (tertiary alicyclic amines) is 1. The molecule has 1 fully saturated rings. The lowest BCUT2D eigenvalue weighted by atomic mass is 9.87. The smallest absolute Gasteiger partial charge is 0.263 e. The number of nitrogens with one attached hydrogen (secondary N) is 1. The van der Waals surface area contributed by atoms with Gasteiger partial charge in [-0.05, 0) is 49.9 Å². The molecule has 1 aliphatic heterocycles. The van der Waals surface area contributed by atoms with Crippen LogP contribution in [0.4, 0.5) is 0 Å². The second kappa shape index (κ2) is 8.72. The Morgan fingerprint density at radius 2 is 2.12 bits per heavy atom. The fourth-order valence-electron chi connectivity index (χ4n) is 3.10. The summed E-state index contributed by atoms with van der Waals surface area (Å²) in [6.07, 6.45) is 1.69. The summed E-state index contributed by atoms with van der Waals surface area (Å²) >= 11 is 0. The van der Waals surface area contributed by atoms with Crippen molar-refractivity contribution < 1.29 is 9.53 Å². The quantitative estimate of drug-likeness (QED) is 0.881. The minimum absolute atomic E-state index is 0. The van der Waals surface area contributed by atoms with Crippen LogP contribution < -0.4 is 10.1 Å². The second-order valence-electron chi connectivity index (χ2n) is 7.42. The molecular weight excluding hydrogens is 324 g/mol. The first-order chi connectivity index (χ1) is 10.8. The SMILES string of the molecule is CNCC1CCCN1C(=O)C(C)Oc1cccc(C(C)(C)C)c1.Cl. The van der Waals surface area contributed by atoms with Gasteiger partial charge in [0.15, 0.2) is 6.10 Å². The molecule has 1 heterocycles. The van der Waals surface area contributed by atoms with Crippen LogP contribution in [-0.2, 0) is 10.2 Å². The molecule has 2 rings (SSSR count). The van der Waals surface area contributed by atoms with E-state index in [1.54, 1.807) is 0 Å². The molecule has 2 atom stereocenters. The van der Waals surface area contributed by atoms with Gasteiger partial charge in [0.1, 0.15) is 5.75 Å². The molecule has 0 aromatic heterocycles. The van der Waals surface area contributed by atoms with Gasteiger partial charge in [-0.1, -0.05) is 32.9 Å². The van der Waals surface area contributed by atoms with Crippen molar-refractivity contribution in [2.24, 2.45) is 0 Å². The van der Waals surface area contributed by atoms with Crippen molar-refractivity contribution in [1.82, 2.24) is 10.2 Å². The van der Waals surface area contributed by atoms with Gasteiger partial charge in [-0.15, -0.1) is 12.4 Å². The van der Waals surface area contributed by atoms with Crippen LogP contribution in [0, 0.1) is 0 Å². The highest BCUT2D eigenvalue weighted by atomic mass is 35.5. The third kappa shape index (κ3) is 5.12. The van der Waals surface area contributed by atoms with Gasteiger partial charge in [-0.25, -0.2) is 0 Å². The fourth-order valence-corrected chi connectivity index (χ4v) is 3.10. The molecular formula is C19H31ClN2O2. The number of nitrogens with zero attached hydrogens (tertiary/aromatic N) is 1. The van der Waals surface area contributed by atoms with E-state index in [0.717, 1.165) is 31.7 Å². The number of ether oxygens (including phenoxy) is 1. The molecule has 4 nitrogen and oxygen atoms in total. The van der Waals surface area contributed by atoms with E-state index in [4.69, 9.17) is 4.74 Å². The van der Waals surface area contributed by atoms with E-state index in [9.17, 15) is 4.79 Å². The highest BCUT2D eigenvalue weighted by Crippen LogP contribution is 2.26. The first-order valence-corrected chi connectivity index (χ1v) is 8.55. The molecule has 1 N–H and O–H groups in total. The number of carbonyl (C=O) groups excluding carboxylic acids is 1. The summed E-state index contributed by atoms with van der Waals surface area (Å²) in [4.78, 5) is 14.7. The highest BCUT2D eigenvalue weighted by molar-refractivity contribution is 5.85. The van der Waals surface area contributed by atoms with E-state index in [2.05, 4.69) is 32.2 Å². The largest absolute Gasteiger partial charge is 0.481 e. The van der Waals surface area contributed by atoms with E-state index in [0.29, 0.717) is 6.04 Å². The molecule has 24 heavy (non-hydrogen) atoms. The summed E-state index contributed by atoms with van der Waals surface area (Å²) in [5.74, 6) is 0.853. The Balaban J connectivity index is 0.00000288. The van der Waals surface area contributed by atoms with Gasteiger partial charge in [0.25, 0.3) is 5.91 Å². The zero-order valence-electron chi connectivity index (χ0n) is 15.5. The predicted molar refractivity (Wildman–Crippen MR) is 101 cm³/mol. The normalized spacial score (nSPS) is 18.9. The van der Waals surface area contributed by atoms with Crippen LogP contribution in [0.15, 0.2) is 24.3 Å². The number of carbonyl (C=O) groups is 1. The van der Waals surface area contributed by atoms with Gasteiger partial charge in [-0.2, -0.15) is 0 Å². The summed E-state index contributed by atoms with van der Waals surface area (Å²) < 4.78 is 5.94. The van der Waals surface area contributed by atoms with Crippen molar-refractivity contribution in [2.75, 3.05) is 20.1 Å². The Bertz CT molecular complexity index is 542. The number of likely N-dealkylation sites (N-methyl/N-ethyl adjacent to an activating group) is 1. The summed E-state index contributed by atoms with van der Waals surface area (Å²) in [5.41, 5.74) is 1.28. The van der Waals surface area contributed by atoms with Crippen molar-refractivity contribution in [3.63, 3.8) is 0 Å². The molecule has 1 aliphatic rings. The Kier molecular flexibility index (Phi) is 7.56. The van der Waals surface area contributed by atoms with E-state index in [1.165, 1.54) is 5.56 Å². The monoisotopic (exact) mass is 354 g/mol. The molecule has 136 valence electrons. The Morgan fingerprint density at radius 3 is 2.75 bits per heavy atom. The van der Waals surface area contributed by atoms with Crippen LogP contribution in [0.25, 0.3) is 0 Å². The van der Waals surface area contributed by atoms with Crippen molar-refractivity contribution in [3.8, 4) is 5.75 Å². The van der Waals surface area contributed by atoms with Gasteiger partial charge >= 0.3 is 0 Å². The fraction of sp³-hybridized carbons (Fsp3) is 0.632. The molecule has 1 saturated heterocycles. The molecule has 0 saturated carbocycles. The topological polar surface area (TPSA) is 41.6 Å². The lowest BCUT2D eigenvalue weighted by Gasteiger charge is -2.28. The second-order valence-corrected chi connectivity index (χ2v) is 7.42. The number of hydrogen-bond donors (Lipinski definition) is 1. The number of amides is 1. The molecule has 5 heteroatoms. The maximum atomic E-state index is 12.7. The van der Waals surface area contributed by atoms with Gasteiger partial charge in [0.05, 0.1) is 0 Å². The Morgan fingerprint density at radius 1 is 1.42 bits per heavy atom. The van der Waals surface area contributed by atoms with Crippen molar-refractivity contribution in [1.29, 1.82) is 0 Å². The minimum atomic E-state index is -0.456. The molecule has 0 radical (unpaired) electrons. The van der Waals surface area contributed by atoms with E-state index in [-0.39, 0.29) is 23.7 Å². The molecule has 0 bridgehead atoms. The molecule has 2 unspecified atom stereocenters. The third-order valence-electron chi connectivity index (χ3n) is 4.46. The highest BCUT2D eigenvalue weighted by Gasteiger charge is 2.31. The third-order valence-corrected chi connectivity index (χ3v) is 4.46. The first-order valence-electron chi connectivity index (χ1n) is 8.55. The van der Waals surface area contributed by atoms with Crippen LogP contribution in [0.1, 0.15) is 46.1 Å². The zero-order chi connectivity index (χ0) is 17.0. The summed E-state index contributed by atoms with van der Waals surface area (Å²) in [5, 5.41) is 3.17. The molecule has 1 aromatic carbocycles. The Hall–Kier alpha value is -1.26. The van der Waals surface area contributed by atoms with E-state index < -0.39 is 6.10 Å². The van der Waals surface area contributed by atoms with Crippen LogP contribution >= 0.6 is 12.4 Å². The Labute approximate surface area is 152 Å². The van der Waals surface area contributed by atoms with E-state index in [1.807, 2.05) is 37.1 Å². The number of hydrogen-bond acceptors (Lipinski definition) is 3. The van der Waals surface area contributed by atoms with Gasteiger partial charge in [0, 0.05) is 19.1 Å². The van der Waals surface area contributed by atoms with E-state index >= 15 is 0 Å². The lowest BCUT2D eigenvalue weighted by molar-refractivity contribution is -0.138. The molecule has 0 spiro atoms. The predicted octanol–water partition coefficient (Wildman–Crippen LogP) is 3.38. The number of halogens is 1.